The Hall–Kier alpha value is -3.47. The van der Waals surface area contributed by atoms with Crippen LogP contribution in [0.4, 0.5) is 0 Å². The van der Waals surface area contributed by atoms with Gasteiger partial charge in [0.15, 0.2) is 5.78 Å². The van der Waals surface area contributed by atoms with Gasteiger partial charge in [0.05, 0.1) is 0 Å². The Morgan fingerprint density at radius 1 is 1.07 bits per heavy atom. The van der Waals surface area contributed by atoms with E-state index in [2.05, 4.69) is 4.98 Å². The third kappa shape index (κ3) is 5.51. The summed E-state index contributed by atoms with van der Waals surface area (Å²) in [5.74, 6) is -0.945. The molecule has 0 aliphatic rings. The van der Waals surface area contributed by atoms with Gasteiger partial charge in [-0.2, -0.15) is 0 Å². The van der Waals surface area contributed by atoms with Gasteiger partial charge in [-0.15, -0.1) is 0 Å². The van der Waals surface area contributed by atoms with Crippen LogP contribution >= 0.6 is 0 Å². The highest BCUT2D eigenvalue weighted by molar-refractivity contribution is 6.01. The molecular formula is C24H23NO4. The fraction of sp³-hybridized carbons (Fsp3) is 0.208. The number of aryl methyl sites for hydroxylation is 1. The predicted octanol–water partition coefficient (Wildman–Crippen LogP) is 4.80. The highest BCUT2D eigenvalue weighted by atomic mass is 16.5. The van der Waals surface area contributed by atoms with Crippen LogP contribution in [-0.4, -0.2) is 21.8 Å². The van der Waals surface area contributed by atoms with E-state index in [1.165, 1.54) is 0 Å². The summed E-state index contributed by atoms with van der Waals surface area (Å²) in [7, 11) is 0. The lowest BCUT2D eigenvalue weighted by molar-refractivity contribution is -0.137. The van der Waals surface area contributed by atoms with E-state index in [4.69, 9.17) is 9.84 Å². The van der Waals surface area contributed by atoms with Crippen LogP contribution in [0.5, 0.6) is 5.75 Å². The number of carboxylic acids is 1. The van der Waals surface area contributed by atoms with E-state index in [9.17, 15) is 9.59 Å². The summed E-state index contributed by atoms with van der Waals surface area (Å²) in [6.45, 7) is 2.29. The zero-order chi connectivity index (χ0) is 20.6. The minimum Gasteiger partial charge on any atom is -0.489 e. The second-order valence-corrected chi connectivity index (χ2v) is 6.88. The number of carbonyl (C=O) groups excluding carboxylic acids is 1. The smallest absolute Gasteiger partial charge is 0.303 e. The molecule has 0 spiro atoms. The van der Waals surface area contributed by atoms with Crippen LogP contribution < -0.4 is 4.74 Å². The number of carboxylic acid groups (broad SMARTS) is 1. The zero-order valence-corrected chi connectivity index (χ0v) is 16.2. The molecule has 1 atom stereocenters. The molecule has 0 aliphatic heterocycles. The summed E-state index contributed by atoms with van der Waals surface area (Å²) >= 11 is 0. The summed E-state index contributed by atoms with van der Waals surface area (Å²) < 4.78 is 5.80. The van der Waals surface area contributed by atoms with E-state index in [0.29, 0.717) is 17.9 Å². The van der Waals surface area contributed by atoms with Crippen LogP contribution in [0.1, 0.15) is 45.8 Å². The number of carbonyl (C=O) groups is 2. The second kappa shape index (κ2) is 9.64. The Morgan fingerprint density at radius 2 is 1.90 bits per heavy atom. The number of hydrogen-bond acceptors (Lipinski definition) is 4. The number of hydrogen-bond donors (Lipinski definition) is 1. The number of ether oxygens (including phenoxy) is 1. The molecule has 29 heavy (non-hydrogen) atoms. The van der Waals surface area contributed by atoms with Crippen molar-refractivity contribution >= 4 is 11.8 Å². The average Bonchev–Trinajstić information content (AvgIpc) is 2.74. The van der Waals surface area contributed by atoms with E-state index in [-0.39, 0.29) is 18.6 Å². The molecule has 3 rings (SSSR count). The van der Waals surface area contributed by atoms with Gasteiger partial charge in [-0.05, 0) is 42.7 Å². The SMILES string of the molecule is Cc1ccccc1C(CCC(=O)O)C(=O)c1cccc(OCc2cccnc2)c1. The van der Waals surface area contributed by atoms with Crippen molar-refractivity contribution in [1.29, 1.82) is 0 Å². The normalized spacial score (nSPS) is 11.6. The van der Waals surface area contributed by atoms with Crippen molar-refractivity contribution in [2.75, 3.05) is 0 Å². The number of Topliss-reactive ketones (excluding diaryl/α,β-unsaturated/α-hetero) is 1. The molecule has 0 amide bonds. The molecule has 0 saturated heterocycles. The molecule has 0 radical (unpaired) electrons. The highest BCUT2D eigenvalue weighted by Crippen LogP contribution is 2.29. The number of rotatable bonds is 9. The molecule has 0 fully saturated rings. The lowest BCUT2D eigenvalue weighted by atomic mass is 9.85. The molecule has 5 heteroatoms. The van der Waals surface area contributed by atoms with Crippen molar-refractivity contribution < 1.29 is 19.4 Å². The van der Waals surface area contributed by atoms with Crippen molar-refractivity contribution in [3.63, 3.8) is 0 Å². The Bertz CT molecular complexity index is 985. The molecule has 1 unspecified atom stereocenters. The zero-order valence-electron chi connectivity index (χ0n) is 16.2. The standard InChI is InChI=1S/C24H23NO4/c1-17-6-2-3-10-21(17)22(11-12-23(26)27)24(28)19-8-4-9-20(14-19)29-16-18-7-5-13-25-15-18/h2-10,13-15,22H,11-12,16H2,1H3,(H,26,27). The first-order valence-electron chi connectivity index (χ1n) is 9.48. The molecule has 0 aliphatic carbocycles. The van der Waals surface area contributed by atoms with Crippen LogP contribution in [-0.2, 0) is 11.4 Å². The van der Waals surface area contributed by atoms with Gasteiger partial charge in [0.2, 0.25) is 0 Å². The maximum atomic E-state index is 13.3. The summed E-state index contributed by atoms with van der Waals surface area (Å²) in [6.07, 6.45) is 3.61. The van der Waals surface area contributed by atoms with E-state index in [0.717, 1.165) is 16.7 Å². The maximum absolute atomic E-state index is 13.3. The largest absolute Gasteiger partial charge is 0.489 e. The van der Waals surface area contributed by atoms with Gasteiger partial charge >= 0.3 is 5.97 Å². The number of ketones is 1. The third-order valence-corrected chi connectivity index (χ3v) is 4.77. The third-order valence-electron chi connectivity index (χ3n) is 4.77. The molecule has 0 saturated carbocycles. The summed E-state index contributed by atoms with van der Waals surface area (Å²) in [6, 6.07) is 18.4. The number of benzene rings is 2. The van der Waals surface area contributed by atoms with E-state index in [1.54, 1.807) is 36.7 Å². The van der Waals surface area contributed by atoms with Gasteiger partial charge < -0.3 is 9.84 Å². The minimum atomic E-state index is -0.912. The highest BCUT2D eigenvalue weighted by Gasteiger charge is 2.24. The molecule has 3 aromatic rings. The van der Waals surface area contributed by atoms with Crippen LogP contribution in [0.25, 0.3) is 0 Å². The quantitative estimate of drug-likeness (QED) is 0.532. The molecule has 1 aromatic heterocycles. The van der Waals surface area contributed by atoms with Gasteiger partial charge in [-0.1, -0.05) is 42.5 Å². The van der Waals surface area contributed by atoms with Crippen molar-refractivity contribution in [2.45, 2.75) is 32.3 Å². The van der Waals surface area contributed by atoms with E-state index >= 15 is 0 Å². The van der Waals surface area contributed by atoms with Gasteiger partial charge in [0.25, 0.3) is 0 Å². The molecule has 2 aromatic carbocycles. The van der Waals surface area contributed by atoms with Crippen LogP contribution in [0, 0.1) is 6.92 Å². The number of aromatic nitrogens is 1. The average molecular weight is 389 g/mol. The van der Waals surface area contributed by atoms with Crippen molar-refractivity contribution in [1.82, 2.24) is 4.98 Å². The minimum absolute atomic E-state index is 0.0675. The van der Waals surface area contributed by atoms with Crippen molar-refractivity contribution in [3.8, 4) is 5.75 Å². The molecule has 148 valence electrons. The van der Waals surface area contributed by atoms with Crippen molar-refractivity contribution in [3.05, 3.63) is 95.3 Å². The summed E-state index contributed by atoms with van der Waals surface area (Å²) in [4.78, 5) is 28.5. The van der Waals surface area contributed by atoms with Crippen LogP contribution in [0.15, 0.2) is 73.1 Å². The van der Waals surface area contributed by atoms with E-state index in [1.807, 2.05) is 43.3 Å². The molecule has 1 heterocycles. The van der Waals surface area contributed by atoms with E-state index < -0.39 is 11.9 Å². The molecular weight excluding hydrogens is 366 g/mol. The molecule has 5 nitrogen and oxygen atoms in total. The summed E-state index contributed by atoms with van der Waals surface area (Å²) in [5.41, 5.74) is 3.27. The fourth-order valence-electron chi connectivity index (χ4n) is 3.26. The monoisotopic (exact) mass is 389 g/mol. The van der Waals surface area contributed by atoms with Crippen LogP contribution in [0.3, 0.4) is 0 Å². The topological polar surface area (TPSA) is 76.5 Å². The second-order valence-electron chi connectivity index (χ2n) is 6.88. The van der Waals surface area contributed by atoms with Gasteiger partial charge in [0, 0.05) is 35.9 Å². The lowest BCUT2D eigenvalue weighted by Gasteiger charge is -2.18. The predicted molar refractivity (Wildman–Crippen MR) is 110 cm³/mol. The molecule has 1 N–H and O–H groups in total. The fourth-order valence-corrected chi connectivity index (χ4v) is 3.26. The van der Waals surface area contributed by atoms with Crippen molar-refractivity contribution in [2.24, 2.45) is 0 Å². The van der Waals surface area contributed by atoms with Gasteiger partial charge in [0.1, 0.15) is 12.4 Å². The number of nitrogens with zero attached hydrogens (tertiary/aromatic N) is 1. The Balaban J connectivity index is 1.81. The summed E-state index contributed by atoms with van der Waals surface area (Å²) in [5, 5.41) is 9.12. The number of aliphatic carboxylic acids is 1. The first-order valence-corrected chi connectivity index (χ1v) is 9.48. The Labute approximate surface area is 170 Å². The van der Waals surface area contributed by atoms with Gasteiger partial charge in [-0.3, -0.25) is 14.6 Å². The first-order chi connectivity index (χ1) is 14.0. The van der Waals surface area contributed by atoms with Gasteiger partial charge in [-0.25, -0.2) is 0 Å². The first kappa shape index (κ1) is 20.3. The van der Waals surface area contributed by atoms with Crippen LogP contribution in [0.2, 0.25) is 0 Å². The molecule has 0 bridgehead atoms. The Morgan fingerprint density at radius 3 is 2.62 bits per heavy atom. The maximum Gasteiger partial charge on any atom is 0.303 e. The lowest BCUT2D eigenvalue weighted by Crippen LogP contribution is -2.16. The Kier molecular flexibility index (Phi) is 6.74. The number of pyridine rings is 1.